The van der Waals surface area contributed by atoms with Crippen molar-refractivity contribution in [1.29, 1.82) is 0 Å². The summed E-state index contributed by atoms with van der Waals surface area (Å²) in [5, 5.41) is 4.97. The van der Waals surface area contributed by atoms with Gasteiger partial charge in [-0.1, -0.05) is 48.0 Å². The minimum atomic E-state index is -3.74. The Labute approximate surface area is 162 Å². The molecule has 4 rings (SSSR count). The first-order chi connectivity index (χ1) is 12.9. The van der Waals surface area contributed by atoms with E-state index in [2.05, 4.69) is 5.32 Å². The molecule has 0 saturated heterocycles. The molecule has 3 aromatic carbocycles. The number of sulfonamides is 1. The van der Waals surface area contributed by atoms with E-state index in [1.165, 1.54) is 4.31 Å². The van der Waals surface area contributed by atoms with Crippen LogP contribution in [0.5, 0.6) is 0 Å². The zero-order valence-corrected chi connectivity index (χ0v) is 16.1. The molecule has 0 fully saturated rings. The lowest BCUT2D eigenvalue weighted by molar-refractivity contribution is -0.120. The smallest absolute Gasteiger partial charge is 0.265 e. The molecule has 138 valence electrons. The van der Waals surface area contributed by atoms with Crippen LogP contribution in [0.2, 0.25) is 5.02 Å². The molecule has 0 bridgehead atoms. The average Bonchev–Trinajstić information content (AvgIpc) is 2.86. The fraction of sp³-hybridized carbons (Fsp3) is 0.150. The summed E-state index contributed by atoms with van der Waals surface area (Å²) in [6.07, 6.45) is 0. The van der Waals surface area contributed by atoms with Crippen molar-refractivity contribution in [2.45, 2.75) is 17.9 Å². The summed E-state index contributed by atoms with van der Waals surface area (Å²) in [6, 6.07) is 17.4. The highest BCUT2D eigenvalue weighted by atomic mass is 35.5. The predicted molar refractivity (Wildman–Crippen MR) is 106 cm³/mol. The maximum atomic E-state index is 12.9. The summed E-state index contributed by atoms with van der Waals surface area (Å²) >= 11 is 5.89. The van der Waals surface area contributed by atoms with Crippen LogP contribution in [0.3, 0.4) is 0 Å². The van der Waals surface area contributed by atoms with Crippen molar-refractivity contribution in [2.75, 3.05) is 10.8 Å². The second-order valence-corrected chi connectivity index (χ2v) is 8.75. The molecule has 7 heteroatoms. The summed E-state index contributed by atoms with van der Waals surface area (Å²) < 4.78 is 27.0. The summed E-state index contributed by atoms with van der Waals surface area (Å²) in [4.78, 5) is 12.8. The first-order valence-corrected chi connectivity index (χ1v) is 10.3. The van der Waals surface area contributed by atoms with Crippen molar-refractivity contribution in [3.63, 3.8) is 0 Å². The lowest BCUT2D eigenvalue weighted by atomic mass is 10.1. The summed E-state index contributed by atoms with van der Waals surface area (Å²) in [6.45, 7) is 1.57. The topological polar surface area (TPSA) is 66.5 Å². The van der Waals surface area contributed by atoms with E-state index < -0.39 is 10.0 Å². The molecule has 0 spiro atoms. The Kier molecular flexibility index (Phi) is 4.32. The van der Waals surface area contributed by atoms with E-state index in [-0.39, 0.29) is 23.4 Å². The van der Waals surface area contributed by atoms with Gasteiger partial charge in [0.2, 0.25) is 5.91 Å². The molecule has 1 aliphatic heterocycles. The van der Waals surface area contributed by atoms with Gasteiger partial charge in [0.15, 0.2) is 0 Å². The standard InChI is InChI=1S/C20H17ClN2O3S/c1-13(14-8-10-16(21)11-9-14)22-19(24)12-23-17-6-2-4-15-5-3-7-18(20(15)17)27(23,25)26/h2-11,13H,12H2,1H3,(H,22,24). The van der Waals surface area contributed by atoms with E-state index in [0.29, 0.717) is 16.1 Å². The highest BCUT2D eigenvalue weighted by Crippen LogP contribution is 2.41. The van der Waals surface area contributed by atoms with Crippen molar-refractivity contribution in [2.24, 2.45) is 0 Å². The first kappa shape index (κ1) is 17.8. The second-order valence-electron chi connectivity index (χ2n) is 6.48. The molecule has 0 aromatic heterocycles. The number of amides is 1. The predicted octanol–water partition coefficient (Wildman–Crippen LogP) is 3.88. The van der Waals surface area contributed by atoms with Gasteiger partial charge in [-0.05, 0) is 42.1 Å². The van der Waals surface area contributed by atoms with E-state index in [1.807, 2.05) is 31.2 Å². The Balaban J connectivity index is 1.59. The zero-order valence-electron chi connectivity index (χ0n) is 14.5. The normalized spacial score (nSPS) is 15.7. The van der Waals surface area contributed by atoms with Crippen molar-refractivity contribution in [1.82, 2.24) is 5.32 Å². The van der Waals surface area contributed by atoms with Crippen LogP contribution < -0.4 is 9.62 Å². The Bertz CT molecular complexity index is 1140. The third-order valence-electron chi connectivity index (χ3n) is 4.72. The van der Waals surface area contributed by atoms with Crippen LogP contribution in [-0.2, 0) is 14.8 Å². The monoisotopic (exact) mass is 400 g/mol. The highest BCUT2D eigenvalue weighted by Gasteiger charge is 2.36. The fourth-order valence-electron chi connectivity index (χ4n) is 3.38. The maximum Gasteiger partial charge on any atom is 0.265 e. The average molecular weight is 401 g/mol. The zero-order chi connectivity index (χ0) is 19.2. The van der Waals surface area contributed by atoms with E-state index in [0.717, 1.165) is 10.9 Å². The summed E-state index contributed by atoms with van der Waals surface area (Å²) in [7, 11) is -3.74. The molecule has 1 unspecified atom stereocenters. The number of rotatable bonds is 4. The van der Waals surface area contributed by atoms with E-state index in [4.69, 9.17) is 11.6 Å². The van der Waals surface area contributed by atoms with Gasteiger partial charge in [-0.2, -0.15) is 0 Å². The summed E-state index contributed by atoms with van der Waals surface area (Å²) in [5.41, 5.74) is 1.43. The van der Waals surface area contributed by atoms with Gasteiger partial charge in [-0.25, -0.2) is 8.42 Å². The van der Waals surface area contributed by atoms with Gasteiger partial charge in [0.25, 0.3) is 10.0 Å². The molecule has 1 amide bonds. The molecule has 0 saturated carbocycles. The lowest BCUT2D eigenvalue weighted by Crippen LogP contribution is -2.39. The number of hydrogen-bond acceptors (Lipinski definition) is 3. The Morgan fingerprint density at radius 2 is 1.74 bits per heavy atom. The quantitative estimate of drug-likeness (QED) is 0.722. The highest BCUT2D eigenvalue weighted by molar-refractivity contribution is 7.93. The van der Waals surface area contributed by atoms with Crippen LogP contribution in [0.4, 0.5) is 5.69 Å². The van der Waals surface area contributed by atoms with Gasteiger partial charge in [0.1, 0.15) is 6.54 Å². The molecule has 3 aromatic rings. The Hall–Kier alpha value is -2.57. The Morgan fingerprint density at radius 1 is 1.07 bits per heavy atom. The van der Waals surface area contributed by atoms with Crippen LogP contribution in [0.25, 0.3) is 10.8 Å². The van der Waals surface area contributed by atoms with Crippen molar-refractivity contribution in [3.8, 4) is 0 Å². The number of carbonyl (C=O) groups is 1. The first-order valence-electron chi connectivity index (χ1n) is 8.47. The van der Waals surface area contributed by atoms with Gasteiger partial charge in [-0.3, -0.25) is 9.10 Å². The summed E-state index contributed by atoms with van der Waals surface area (Å²) in [5.74, 6) is -0.370. The van der Waals surface area contributed by atoms with Crippen LogP contribution >= 0.6 is 11.6 Å². The molecule has 0 radical (unpaired) electrons. The minimum Gasteiger partial charge on any atom is -0.348 e. The van der Waals surface area contributed by atoms with Gasteiger partial charge in [-0.15, -0.1) is 0 Å². The number of carbonyl (C=O) groups excluding carboxylic acids is 1. The van der Waals surface area contributed by atoms with Crippen LogP contribution in [0.1, 0.15) is 18.5 Å². The number of benzene rings is 3. The minimum absolute atomic E-state index is 0.245. The van der Waals surface area contributed by atoms with Crippen LogP contribution in [0.15, 0.2) is 65.6 Å². The number of halogens is 1. The van der Waals surface area contributed by atoms with Gasteiger partial charge in [0.05, 0.1) is 16.6 Å². The largest absolute Gasteiger partial charge is 0.348 e. The van der Waals surface area contributed by atoms with Gasteiger partial charge >= 0.3 is 0 Å². The van der Waals surface area contributed by atoms with Crippen molar-refractivity contribution in [3.05, 3.63) is 71.2 Å². The third kappa shape index (κ3) is 3.05. The molecule has 5 nitrogen and oxygen atoms in total. The fourth-order valence-corrected chi connectivity index (χ4v) is 5.17. The van der Waals surface area contributed by atoms with E-state index in [9.17, 15) is 13.2 Å². The van der Waals surface area contributed by atoms with Crippen LogP contribution in [-0.4, -0.2) is 20.9 Å². The van der Waals surface area contributed by atoms with E-state index >= 15 is 0 Å². The molecule has 27 heavy (non-hydrogen) atoms. The number of anilines is 1. The molecular weight excluding hydrogens is 384 g/mol. The Morgan fingerprint density at radius 3 is 2.44 bits per heavy atom. The molecular formula is C20H17ClN2O3S. The molecule has 0 aliphatic carbocycles. The van der Waals surface area contributed by atoms with Crippen molar-refractivity contribution < 1.29 is 13.2 Å². The lowest BCUT2D eigenvalue weighted by Gasteiger charge is -2.20. The van der Waals surface area contributed by atoms with Gasteiger partial charge < -0.3 is 5.32 Å². The van der Waals surface area contributed by atoms with Gasteiger partial charge in [0, 0.05) is 10.4 Å². The number of nitrogens with zero attached hydrogens (tertiary/aromatic N) is 1. The van der Waals surface area contributed by atoms with E-state index in [1.54, 1.807) is 36.4 Å². The van der Waals surface area contributed by atoms with Crippen LogP contribution in [0, 0.1) is 0 Å². The second kappa shape index (κ2) is 6.55. The molecule has 1 atom stereocenters. The third-order valence-corrected chi connectivity index (χ3v) is 6.77. The van der Waals surface area contributed by atoms with Crippen molar-refractivity contribution >= 4 is 44.0 Å². The number of hydrogen-bond donors (Lipinski definition) is 1. The SMILES string of the molecule is CC(NC(=O)CN1c2cccc3cccc(c23)S1(=O)=O)c1ccc(Cl)cc1. The maximum absolute atomic E-state index is 12.9. The molecule has 1 aliphatic rings. The molecule has 1 N–H and O–H groups in total. The number of nitrogens with one attached hydrogen (secondary N) is 1. The molecule has 1 heterocycles.